The quantitative estimate of drug-likeness (QED) is 0.730. The largest absolute Gasteiger partial charge is 0.484 e. The molecule has 0 fully saturated rings. The maximum Gasteiger partial charge on any atom is 0.257 e. The first-order chi connectivity index (χ1) is 11.6. The third-order valence-electron chi connectivity index (χ3n) is 3.89. The molecule has 3 aromatic rings. The number of carbonyl (C=O) groups excluding carboxylic acids is 1. The smallest absolute Gasteiger partial charge is 0.257 e. The number of hydrogen-bond acceptors (Lipinski definition) is 2. The summed E-state index contributed by atoms with van der Waals surface area (Å²) in [5.41, 5.74) is 3.42. The maximum atomic E-state index is 13.0. The second-order valence-electron chi connectivity index (χ2n) is 5.62. The highest BCUT2D eigenvalue weighted by Crippen LogP contribution is 2.21. The van der Waals surface area contributed by atoms with Gasteiger partial charge in [0.15, 0.2) is 6.61 Å². The number of para-hydroxylation sites is 1. The summed E-state index contributed by atoms with van der Waals surface area (Å²) >= 11 is 0. The Hall–Kier alpha value is -2.82. The standard InChI is InChI=1S/C19H19FN2O2/c1-13-16(17-7-2-3-8-18(17)22-13)9-10-21-19(23)12-24-15-6-4-5-14(20)11-15/h2-8,11,22H,9-10,12H2,1H3,(H,21,23). The molecule has 0 saturated heterocycles. The number of hydrogen-bond donors (Lipinski definition) is 2. The zero-order chi connectivity index (χ0) is 16.9. The Bertz CT molecular complexity index is 857. The first-order valence-electron chi connectivity index (χ1n) is 7.85. The number of halogens is 1. The molecule has 0 aliphatic heterocycles. The van der Waals surface area contributed by atoms with Gasteiger partial charge in [0.1, 0.15) is 11.6 Å². The molecule has 124 valence electrons. The van der Waals surface area contributed by atoms with Gasteiger partial charge >= 0.3 is 0 Å². The van der Waals surface area contributed by atoms with E-state index >= 15 is 0 Å². The SMILES string of the molecule is Cc1[nH]c2ccccc2c1CCNC(=O)COc1cccc(F)c1. The maximum absolute atomic E-state index is 13.0. The van der Waals surface area contributed by atoms with Gasteiger partial charge in [-0.05, 0) is 37.1 Å². The van der Waals surface area contributed by atoms with Gasteiger partial charge in [0.25, 0.3) is 5.91 Å². The minimum atomic E-state index is -0.386. The van der Waals surface area contributed by atoms with Crippen molar-refractivity contribution in [3.8, 4) is 5.75 Å². The van der Waals surface area contributed by atoms with Crippen molar-refractivity contribution in [1.29, 1.82) is 0 Å². The van der Waals surface area contributed by atoms with E-state index in [1.165, 1.54) is 23.1 Å². The van der Waals surface area contributed by atoms with Crippen molar-refractivity contribution in [3.05, 3.63) is 65.6 Å². The third kappa shape index (κ3) is 3.74. The fraction of sp³-hybridized carbons (Fsp3) is 0.211. The van der Waals surface area contributed by atoms with Gasteiger partial charge in [0.05, 0.1) is 0 Å². The van der Waals surface area contributed by atoms with E-state index in [4.69, 9.17) is 4.74 Å². The van der Waals surface area contributed by atoms with Crippen molar-refractivity contribution in [2.45, 2.75) is 13.3 Å². The van der Waals surface area contributed by atoms with Gasteiger partial charge in [-0.25, -0.2) is 4.39 Å². The minimum Gasteiger partial charge on any atom is -0.484 e. The molecular weight excluding hydrogens is 307 g/mol. The molecule has 2 aromatic carbocycles. The first kappa shape index (κ1) is 16.1. The van der Waals surface area contributed by atoms with E-state index in [1.54, 1.807) is 12.1 Å². The number of benzene rings is 2. The van der Waals surface area contributed by atoms with Gasteiger partial charge < -0.3 is 15.0 Å². The molecule has 0 unspecified atom stereocenters. The summed E-state index contributed by atoms with van der Waals surface area (Å²) in [5.74, 6) is -0.267. The summed E-state index contributed by atoms with van der Waals surface area (Å²) in [4.78, 5) is 15.2. The molecule has 5 heteroatoms. The van der Waals surface area contributed by atoms with Crippen LogP contribution < -0.4 is 10.1 Å². The van der Waals surface area contributed by atoms with E-state index in [0.717, 1.165) is 17.6 Å². The number of H-pyrrole nitrogens is 1. The Balaban J connectivity index is 1.50. The van der Waals surface area contributed by atoms with Crippen molar-refractivity contribution >= 4 is 16.8 Å². The summed E-state index contributed by atoms with van der Waals surface area (Å²) < 4.78 is 18.3. The Morgan fingerprint density at radius 3 is 2.88 bits per heavy atom. The summed E-state index contributed by atoms with van der Waals surface area (Å²) in [5, 5.41) is 4.01. The van der Waals surface area contributed by atoms with Crippen molar-refractivity contribution in [1.82, 2.24) is 10.3 Å². The van der Waals surface area contributed by atoms with Crippen molar-refractivity contribution in [3.63, 3.8) is 0 Å². The van der Waals surface area contributed by atoms with Gasteiger partial charge in [0, 0.05) is 29.2 Å². The third-order valence-corrected chi connectivity index (χ3v) is 3.89. The van der Waals surface area contributed by atoms with Gasteiger partial charge in [-0.2, -0.15) is 0 Å². The highest BCUT2D eigenvalue weighted by Gasteiger charge is 2.09. The van der Waals surface area contributed by atoms with E-state index in [1.807, 2.05) is 25.1 Å². The second kappa shape index (κ2) is 7.17. The van der Waals surface area contributed by atoms with E-state index in [-0.39, 0.29) is 18.3 Å². The lowest BCUT2D eigenvalue weighted by Crippen LogP contribution is -2.30. The summed E-state index contributed by atoms with van der Waals surface area (Å²) in [6.45, 7) is 2.43. The van der Waals surface area contributed by atoms with Crippen LogP contribution in [0.15, 0.2) is 48.5 Å². The molecule has 0 radical (unpaired) electrons. The Kier molecular flexibility index (Phi) is 4.79. The fourth-order valence-electron chi connectivity index (χ4n) is 2.74. The molecule has 0 aliphatic carbocycles. The van der Waals surface area contributed by atoms with E-state index < -0.39 is 0 Å². The zero-order valence-corrected chi connectivity index (χ0v) is 13.4. The number of rotatable bonds is 6. The normalized spacial score (nSPS) is 10.8. The van der Waals surface area contributed by atoms with Crippen LogP contribution in [0.1, 0.15) is 11.3 Å². The Labute approximate surface area is 139 Å². The Morgan fingerprint density at radius 1 is 1.21 bits per heavy atom. The lowest BCUT2D eigenvalue weighted by atomic mass is 10.1. The van der Waals surface area contributed by atoms with Crippen LogP contribution in [0.4, 0.5) is 4.39 Å². The minimum absolute atomic E-state index is 0.129. The summed E-state index contributed by atoms with van der Waals surface area (Å²) in [7, 11) is 0. The molecule has 0 aliphatic rings. The van der Waals surface area contributed by atoms with Crippen LogP contribution >= 0.6 is 0 Å². The highest BCUT2D eigenvalue weighted by molar-refractivity contribution is 5.84. The van der Waals surface area contributed by atoms with Crippen LogP contribution in [-0.2, 0) is 11.2 Å². The van der Waals surface area contributed by atoms with Crippen LogP contribution in [0.5, 0.6) is 5.75 Å². The van der Waals surface area contributed by atoms with Crippen molar-refractivity contribution in [2.24, 2.45) is 0 Å². The zero-order valence-electron chi connectivity index (χ0n) is 13.4. The van der Waals surface area contributed by atoms with Crippen LogP contribution in [0.25, 0.3) is 10.9 Å². The van der Waals surface area contributed by atoms with Gasteiger partial charge in [-0.3, -0.25) is 4.79 Å². The summed E-state index contributed by atoms with van der Waals surface area (Å²) in [6.07, 6.45) is 0.738. The molecule has 1 amide bonds. The number of amides is 1. The van der Waals surface area contributed by atoms with Gasteiger partial charge in [0.2, 0.25) is 0 Å². The summed E-state index contributed by atoms with van der Waals surface area (Å²) in [6, 6.07) is 13.9. The molecule has 2 N–H and O–H groups in total. The number of fused-ring (bicyclic) bond motifs is 1. The molecule has 0 atom stereocenters. The molecule has 24 heavy (non-hydrogen) atoms. The predicted molar refractivity (Wildman–Crippen MR) is 91.6 cm³/mol. The average molecular weight is 326 g/mol. The van der Waals surface area contributed by atoms with E-state index in [2.05, 4.69) is 16.4 Å². The molecule has 3 rings (SSSR count). The van der Waals surface area contributed by atoms with Crippen molar-refractivity contribution < 1.29 is 13.9 Å². The molecular formula is C19H19FN2O2. The number of aromatic amines is 1. The monoisotopic (exact) mass is 326 g/mol. The lowest BCUT2D eigenvalue weighted by molar-refractivity contribution is -0.123. The number of aromatic nitrogens is 1. The molecule has 1 aromatic heterocycles. The topological polar surface area (TPSA) is 54.1 Å². The van der Waals surface area contributed by atoms with Crippen LogP contribution in [0.2, 0.25) is 0 Å². The van der Waals surface area contributed by atoms with E-state index in [9.17, 15) is 9.18 Å². The average Bonchev–Trinajstić information content (AvgIpc) is 2.89. The lowest BCUT2D eigenvalue weighted by Gasteiger charge is -2.08. The van der Waals surface area contributed by atoms with E-state index in [0.29, 0.717) is 12.3 Å². The first-order valence-corrected chi connectivity index (χ1v) is 7.85. The molecule has 0 bridgehead atoms. The van der Waals surface area contributed by atoms with Crippen LogP contribution in [0.3, 0.4) is 0 Å². The number of nitrogens with one attached hydrogen (secondary N) is 2. The number of carbonyl (C=O) groups is 1. The molecule has 1 heterocycles. The van der Waals surface area contributed by atoms with Crippen LogP contribution in [-0.4, -0.2) is 24.0 Å². The predicted octanol–water partition coefficient (Wildman–Crippen LogP) is 3.35. The number of ether oxygens (including phenoxy) is 1. The molecule has 4 nitrogen and oxygen atoms in total. The Morgan fingerprint density at radius 2 is 2.04 bits per heavy atom. The number of aryl methyl sites for hydroxylation is 1. The van der Waals surface area contributed by atoms with Crippen LogP contribution in [0, 0.1) is 12.7 Å². The molecule has 0 spiro atoms. The van der Waals surface area contributed by atoms with Gasteiger partial charge in [-0.15, -0.1) is 0 Å². The fourth-order valence-corrected chi connectivity index (χ4v) is 2.74. The highest BCUT2D eigenvalue weighted by atomic mass is 19.1. The second-order valence-corrected chi connectivity index (χ2v) is 5.62. The van der Waals surface area contributed by atoms with Crippen molar-refractivity contribution in [2.75, 3.05) is 13.2 Å². The van der Waals surface area contributed by atoms with Gasteiger partial charge in [-0.1, -0.05) is 24.3 Å². The molecule has 0 saturated carbocycles.